The van der Waals surface area contributed by atoms with Crippen LogP contribution in [0.25, 0.3) is 33.4 Å². The van der Waals surface area contributed by atoms with Gasteiger partial charge in [-0.05, 0) is 31.2 Å². The second kappa shape index (κ2) is 5.62. The Balaban J connectivity index is 2.05. The number of nitrogens with one attached hydrogen (secondary N) is 1. The number of nitrogens with zero attached hydrogens (tertiary/aromatic N) is 3. The van der Waals surface area contributed by atoms with Crippen molar-refractivity contribution in [3.05, 3.63) is 59.6 Å². The second-order valence-corrected chi connectivity index (χ2v) is 6.02. The molecule has 0 aliphatic rings. The van der Waals surface area contributed by atoms with Gasteiger partial charge in [-0.25, -0.2) is 4.98 Å². The molecule has 0 bridgehead atoms. The summed E-state index contributed by atoms with van der Waals surface area (Å²) in [6.07, 6.45) is 5.18. The molecular formula is C18H14ClN5. The van der Waals surface area contributed by atoms with Gasteiger partial charge in [-0.3, -0.25) is 9.97 Å². The Bertz CT molecular complexity index is 1040. The van der Waals surface area contributed by atoms with Crippen LogP contribution in [0.4, 0.5) is 5.82 Å². The molecule has 4 aromatic heterocycles. The predicted octanol–water partition coefficient (Wildman–Crippen LogP) is 4.23. The van der Waals surface area contributed by atoms with Gasteiger partial charge in [0, 0.05) is 41.0 Å². The summed E-state index contributed by atoms with van der Waals surface area (Å²) in [5.41, 5.74) is 12.3. The van der Waals surface area contributed by atoms with Gasteiger partial charge in [0.2, 0.25) is 0 Å². The molecule has 0 saturated heterocycles. The largest absolute Gasteiger partial charge is 0.384 e. The minimum atomic E-state index is 0.463. The van der Waals surface area contributed by atoms with E-state index in [1.54, 1.807) is 12.4 Å². The van der Waals surface area contributed by atoms with E-state index in [1.807, 2.05) is 43.5 Å². The van der Waals surface area contributed by atoms with Gasteiger partial charge in [-0.2, -0.15) is 0 Å². The monoisotopic (exact) mass is 335 g/mol. The summed E-state index contributed by atoms with van der Waals surface area (Å²) in [5, 5.41) is 0.582. The van der Waals surface area contributed by atoms with Crippen molar-refractivity contribution in [2.24, 2.45) is 0 Å². The number of hydrogen-bond donors (Lipinski definition) is 2. The van der Waals surface area contributed by atoms with Crippen LogP contribution in [0.3, 0.4) is 0 Å². The van der Waals surface area contributed by atoms with E-state index < -0.39 is 0 Å². The average Bonchev–Trinajstić information content (AvgIpc) is 2.94. The SMILES string of the molecule is Cc1ccc(-c2c(-c3ccnc(N)c3)[nH]c3cc(Cl)cnc23)cn1. The number of aromatic nitrogens is 4. The molecule has 0 saturated carbocycles. The zero-order valence-corrected chi connectivity index (χ0v) is 13.7. The van der Waals surface area contributed by atoms with E-state index in [4.69, 9.17) is 17.3 Å². The first-order chi connectivity index (χ1) is 11.6. The van der Waals surface area contributed by atoms with Crippen LogP contribution in [0, 0.1) is 6.92 Å². The minimum Gasteiger partial charge on any atom is -0.384 e. The molecular weight excluding hydrogens is 322 g/mol. The number of nitrogens with two attached hydrogens (primary N) is 1. The lowest BCUT2D eigenvalue weighted by Crippen LogP contribution is -1.91. The third kappa shape index (κ3) is 2.49. The Kier molecular flexibility index (Phi) is 3.43. The summed E-state index contributed by atoms with van der Waals surface area (Å²) < 4.78 is 0. The van der Waals surface area contributed by atoms with Gasteiger partial charge in [0.25, 0.3) is 0 Å². The maximum Gasteiger partial charge on any atom is 0.123 e. The molecule has 24 heavy (non-hydrogen) atoms. The molecule has 118 valence electrons. The van der Waals surface area contributed by atoms with Crippen molar-refractivity contribution in [1.29, 1.82) is 0 Å². The van der Waals surface area contributed by atoms with E-state index in [0.29, 0.717) is 10.8 Å². The molecule has 0 radical (unpaired) electrons. The van der Waals surface area contributed by atoms with E-state index in [0.717, 1.165) is 39.1 Å². The number of pyridine rings is 3. The quantitative estimate of drug-likeness (QED) is 0.574. The molecule has 0 aliphatic heterocycles. The van der Waals surface area contributed by atoms with Gasteiger partial charge < -0.3 is 10.7 Å². The summed E-state index contributed by atoms with van der Waals surface area (Å²) in [4.78, 5) is 16.4. The first-order valence-corrected chi connectivity index (χ1v) is 7.82. The fraction of sp³-hybridized carbons (Fsp3) is 0.0556. The van der Waals surface area contributed by atoms with Crippen LogP contribution < -0.4 is 5.73 Å². The van der Waals surface area contributed by atoms with Crippen LogP contribution in [0.15, 0.2) is 48.9 Å². The third-order valence-corrected chi connectivity index (χ3v) is 4.08. The van der Waals surface area contributed by atoms with Crippen LogP contribution in [-0.2, 0) is 0 Å². The van der Waals surface area contributed by atoms with Crippen molar-refractivity contribution >= 4 is 28.5 Å². The predicted molar refractivity (Wildman–Crippen MR) is 96.7 cm³/mol. The Labute approximate surface area is 143 Å². The van der Waals surface area contributed by atoms with Gasteiger partial charge in [0.15, 0.2) is 0 Å². The molecule has 0 aromatic carbocycles. The number of fused-ring (bicyclic) bond motifs is 1. The number of hydrogen-bond acceptors (Lipinski definition) is 4. The molecule has 4 rings (SSSR count). The van der Waals surface area contributed by atoms with E-state index in [-0.39, 0.29) is 0 Å². The van der Waals surface area contributed by atoms with Gasteiger partial charge >= 0.3 is 0 Å². The zero-order chi connectivity index (χ0) is 16.7. The first-order valence-electron chi connectivity index (χ1n) is 7.44. The average molecular weight is 336 g/mol. The van der Waals surface area contributed by atoms with Crippen molar-refractivity contribution in [2.45, 2.75) is 6.92 Å². The smallest absolute Gasteiger partial charge is 0.123 e. The molecule has 0 aliphatic carbocycles. The minimum absolute atomic E-state index is 0.463. The van der Waals surface area contributed by atoms with E-state index in [2.05, 4.69) is 19.9 Å². The summed E-state index contributed by atoms with van der Waals surface area (Å²) in [7, 11) is 0. The number of halogens is 1. The summed E-state index contributed by atoms with van der Waals surface area (Å²) in [6, 6.07) is 9.62. The maximum absolute atomic E-state index is 6.09. The summed E-state index contributed by atoms with van der Waals surface area (Å²) in [6.45, 7) is 1.96. The fourth-order valence-corrected chi connectivity index (χ4v) is 2.92. The molecule has 0 fully saturated rings. The molecule has 3 N–H and O–H groups in total. The number of H-pyrrole nitrogens is 1. The molecule has 5 nitrogen and oxygen atoms in total. The molecule has 0 unspecified atom stereocenters. The fourth-order valence-electron chi connectivity index (χ4n) is 2.77. The van der Waals surface area contributed by atoms with Crippen molar-refractivity contribution in [3.63, 3.8) is 0 Å². The van der Waals surface area contributed by atoms with Crippen molar-refractivity contribution < 1.29 is 0 Å². The highest BCUT2D eigenvalue weighted by Gasteiger charge is 2.17. The number of rotatable bonds is 2. The molecule has 0 spiro atoms. The summed E-state index contributed by atoms with van der Waals surface area (Å²) >= 11 is 6.09. The molecule has 0 amide bonds. The van der Waals surface area contributed by atoms with Crippen LogP contribution >= 0.6 is 11.6 Å². The Morgan fingerprint density at radius 2 is 1.88 bits per heavy atom. The van der Waals surface area contributed by atoms with Crippen molar-refractivity contribution in [1.82, 2.24) is 19.9 Å². The highest BCUT2D eigenvalue weighted by molar-refractivity contribution is 6.31. The van der Waals surface area contributed by atoms with Crippen LogP contribution in [0.1, 0.15) is 5.69 Å². The third-order valence-electron chi connectivity index (χ3n) is 3.87. The number of anilines is 1. The first kappa shape index (κ1) is 14.7. The van der Waals surface area contributed by atoms with Gasteiger partial charge in [-0.15, -0.1) is 0 Å². The molecule has 4 aromatic rings. The van der Waals surface area contributed by atoms with E-state index in [1.165, 1.54) is 0 Å². The van der Waals surface area contributed by atoms with Crippen LogP contribution in [-0.4, -0.2) is 19.9 Å². The topological polar surface area (TPSA) is 80.5 Å². The Morgan fingerprint density at radius 3 is 2.62 bits per heavy atom. The Hall–Kier alpha value is -2.92. The molecule has 0 atom stereocenters. The lowest BCUT2D eigenvalue weighted by molar-refractivity contribution is 1.20. The standard InChI is InChI=1S/C18H14ClN5/c1-10-2-3-12(8-22-10)16-17(11-4-5-21-15(20)6-11)24-14-7-13(19)9-23-18(14)16/h2-9,24H,1H3,(H2,20,21). The normalized spacial score (nSPS) is 11.1. The second-order valence-electron chi connectivity index (χ2n) is 5.58. The number of nitrogen functional groups attached to an aromatic ring is 1. The van der Waals surface area contributed by atoms with Crippen LogP contribution in [0.2, 0.25) is 5.02 Å². The molecule has 4 heterocycles. The van der Waals surface area contributed by atoms with Crippen molar-refractivity contribution in [2.75, 3.05) is 5.73 Å². The van der Waals surface area contributed by atoms with E-state index >= 15 is 0 Å². The zero-order valence-electron chi connectivity index (χ0n) is 12.9. The summed E-state index contributed by atoms with van der Waals surface area (Å²) in [5.74, 6) is 0.463. The van der Waals surface area contributed by atoms with Gasteiger partial charge in [-0.1, -0.05) is 17.7 Å². The van der Waals surface area contributed by atoms with Gasteiger partial charge in [0.1, 0.15) is 5.82 Å². The highest BCUT2D eigenvalue weighted by atomic mass is 35.5. The highest BCUT2D eigenvalue weighted by Crippen LogP contribution is 2.37. The van der Waals surface area contributed by atoms with Gasteiger partial charge in [0.05, 0.1) is 21.7 Å². The lowest BCUT2D eigenvalue weighted by atomic mass is 10.0. The number of aryl methyl sites for hydroxylation is 1. The maximum atomic E-state index is 6.09. The van der Waals surface area contributed by atoms with Crippen LogP contribution in [0.5, 0.6) is 0 Å². The number of aromatic amines is 1. The molecule has 6 heteroatoms. The van der Waals surface area contributed by atoms with Crippen molar-refractivity contribution in [3.8, 4) is 22.4 Å². The van der Waals surface area contributed by atoms with E-state index in [9.17, 15) is 0 Å². The Morgan fingerprint density at radius 1 is 1.00 bits per heavy atom. The lowest BCUT2D eigenvalue weighted by Gasteiger charge is -2.06.